The van der Waals surface area contributed by atoms with Crippen molar-refractivity contribution in [3.63, 3.8) is 0 Å². The number of morpholine rings is 1. The van der Waals surface area contributed by atoms with Crippen LogP contribution in [-0.2, 0) is 16.1 Å². The fourth-order valence-corrected chi connectivity index (χ4v) is 5.68. The number of aryl methyl sites for hydroxylation is 1. The maximum absolute atomic E-state index is 11.9. The predicted molar refractivity (Wildman–Crippen MR) is 133 cm³/mol. The number of nitrogens with one attached hydrogen (secondary N) is 1. The molecule has 0 radical (unpaired) electrons. The molecule has 35 heavy (non-hydrogen) atoms. The third-order valence-electron chi connectivity index (χ3n) is 7.69. The number of rotatable bonds is 4. The van der Waals surface area contributed by atoms with E-state index in [-0.39, 0.29) is 5.91 Å². The molecule has 3 fully saturated rings. The van der Waals surface area contributed by atoms with Gasteiger partial charge in [0.15, 0.2) is 0 Å². The first-order valence-electron chi connectivity index (χ1n) is 12.5. The molecular formula is C26H32N6O3. The molecular weight excluding hydrogens is 444 g/mol. The van der Waals surface area contributed by atoms with Crippen LogP contribution in [0.1, 0.15) is 29.0 Å². The van der Waals surface area contributed by atoms with Gasteiger partial charge in [0.25, 0.3) is 0 Å². The molecule has 2 aromatic rings. The Kier molecular flexibility index (Phi) is 5.82. The highest BCUT2D eigenvalue weighted by Crippen LogP contribution is 2.41. The molecule has 184 valence electrons. The SMILES string of the molecule is C=CC(=O)N1CC[C@H](N2CC(c3cc(C)c4c(c3)Nc3ncnc(N5CCOCC5)c3CO4)C2)C1. The van der Waals surface area contributed by atoms with Crippen molar-refractivity contribution < 1.29 is 14.3 Å². The Morgan fingerprint density at radius 2 is 2.00 bits per heavy atom. The average molecular weight is 477 g/mol. The van der Waals surface area contributed by atoms with Crippen LogP contribution in [0.4, 0.5) is 17.3 Å². The molecule has 0 spiro atoms. The average Bonchev–Trinajstić information content (AvgIpc) is 3.24. The quantitative estimate of drug-likeness (QED) is 0.674. The van der Waals surface area contributed by atoms with Gasteiger partial charge in [-0.3, -0.25) is 9.69 Å². The van der Waals surface area contributed by atoms with Crippen LogP contribution in [0.2, 0.25) is 0 Å². The van der Waals surface area contributed by atoms with E-state index in [1.54, 1.807) is 6.33 Å². The van der Waals surface area contributed by atoms with Crippen molar-refractivity contribution in [1.82, 2.24) is 19.8 Å². The molecule has 0 unspecified atom stereocenters. The van der Waals surface area contributed by atoms with Gasteiger partial charge in [0.05, 0.1) is 24.5 Å². The molecule has 6 rings (SSSR count). The van der Waals surface area contributed by atoms with Gasteiger partial charge in [-0.2, -0.15) is 0 Å². The Hall–Kier alpha value is -3.17. The van der Waals surface area contributed by atoms with E-state index in [1.165, 1.54) is 11.6 Å². The second-order valence-corrected chi connectivity index (χ2v) is 9.83. The number of carbonyl (C=O) groups excluding carboxylic acids is 1. The zero-order valence-corrected chi connectivity index (χ0v) is 20.2. The second-order valence-electron chi connectivity index (χ2n) is 9.83. The molecule has 1 N–H and O–H groups in total. The standard InChI is InChI=1S/C26H32N6O3/c1-3-23(33)31-5-4-20(14-31)32-12-19(13-32)18-10-17(2)24-22(11-18)29-25-21(15-35-24)26(28-16-27-25)30-6-8-34-9-7-30/h3,10-11,16,19-20H,1,4-9,12-15H2,2H3,(H,27,28,29)/t20-/m0/s1. The summed E-state index contributed by atoms with van der Waals surface area (Å²) in [5, 5.41) is 3.56. The van der Waals surface area contributed by atoms with E-state index in [9.17, 15) is 4.79 Å². The summed E-state index contributed by atoms with van der Waals surface area (Å²) in [4.78, 5) is 27.7. The topological polar surface area (TPSA) is 83.1 Å². The van der Waals surface area contributed by atoms with Gasteiger partial charge < -0.3 is 24.6 Å². The molecule has 1 aromatic heterocycles. The molecule has 1 amide bonds. The highest BCUT2D eigenvalue weighted by atomic mass is 16.5. The van der Waals surface area contributed by atoms with Crippen molar-refractivity contribution in [3.05, 3.63) is 47.8 Å². The van der Waals surface area contributed by atoms with Crippen molar-refractivity contribution in [2.75, 3.05) is 62.7 Å². The molecule has 3 saturated heterocycles. The number of carbonyl (C=O) groups is 1. The lowest BCUT2D eigenvalue weighted by Gasteiger charge is -2.43. The van der Waals surface area contributed by atoms with Gasteiger partial charge >= 0.3 is 0 Å². The van der Waals surface area contributed by atoms with Crippen LogP contribution in [0, 0.1) is 6.92 Å². The van der Waals surface area contributed by atoms with Gasteiger partial charge in [-0.05, 0) is 36.6 Å². The minimum Gasteiger partial charge on any atom is -0.486 e. The Morgan fingerprint density at radius 1 is 1.17 bits per heavy atom. The molecule has 0 bridgehead atoms. The van der Waals surface area contributed by atoms with Crippen LogP contribution < -0.4 is 15.0 Å². The fourth-order valence-electron chi connectivity index (χ4n) is 5.68. The van der Waals surface area contributed by atoms with Gasteiger partial charge in [0.1, 0.15) is 30.3 Å². The molecule has 4 aliphatic heterocycles. The number of fused-ring (bicyclic) bond motifs is 2. The highest BCUT2D eigenvalue weighted by Gasteiger charge is 2.38. The molecule has 1 aromatic carbocycles. The van der Waals surface area contributed by atoms with Crippen molar-refractivity contribution >= 4 is 23.2 Å². The van der Waals surface area contributed by atoms with E-state index in [0.717, 1.165) is 79.9 Å². The number of nitrogens with zero attached hydrogens (tertiary/aromatic N) is 5. The number of likely N-dealkylation sites (tertiary alicyclic amines) is 2. The van der Waals surface area contributed by atoms with E-state index in [1.807, 2.05) is 4.90 Å². The third-order valence-corrected chi connectivity index (χ3v) is 7.69. The lowest BCUT2D eigenvalue weighted by Crippen LogP contribution is -2.51. The fraction of sp³-hybridized carbons (Fsp3) is 0.500. The summed E-state index contributed by atoms with van der Waals surface area (Å²) in [6, 6.07) is 4.92. The number of aromatic nitrogens is 2. The van der Waals surface area contributed by atoms with Gasteiger partial charge in [0.2, 0.25) is 5.91 Å². The number of amides is 1. The first-order valence-corrected chi connectivity index (χ1v) is 12.5. The van der Waals surface area contributed by atoms with Gasteiger partial charge in [-0.25, -0.2) is 9.97 Å². The van der Waals surface area contributed by atoms with Crippen molar-refractivity contribution in [1.29, 1.82) is 0 Å². The van der Waals surface area contributed by atoms with E-state index in [0.29, 0.717) is 31.8 Å². The van der Waals surface area contributed by atoms with Crippen LogP contribution >= 0.6 is 0 Å². The van der Waals surface area contributed by atoms with Crippen LogP contribution in [0.15, 0.2) is 31.1 Å². The zero-order valence-electron chi connectivity index (χ0n) is 20.2. The Labute approximate surface area is 205 Å². The highest BCUT2D eigenvalue weighted by molar-refractivity contribution is 5.87. The van der Waals surface area contributed by atoms with Crippen molar-refractivity contribution in [2.24, 2.45) is 0 Å². The summed E-state index contributed by atoms with van der Waals surface area (Å²) < 4.78 is 11.8. The lowest BCUT2D eigenvalue weighted by molar-refractivity contribution is -0.125. The number of anilines is 3. The van der Waals surface area contributed by atoms with Crippen LogP contribution in [0.25, 0.3) is 0 Å². The molecule has 5 heterocycles. The van der Waals surface area contributed by atoms with E-state index in [2.05, 4.69) is 50.7 Å². The smallest absolute Gasteiger partial charge is 0.246 e. The number of ether oxygens (including phenoxy) is 2. The summed E-state index contributed by atoms with van der Waals surface area (Å²) in [7, 11) is 0. The molecule has 9 heteroatoms. The Morgan fingerprint density at radius 3 is 2.80 bits per heavy atom. The maximum atomic E-state index is 11.9. The summed E-state index contributed by atoms with van der Waals surface area (Å²) in [6.45, 7) is 12.9. The Bertz CT molecular complexity index is 1140. The molecule has 1 atom stereocenters. The Balaban J connectivity index is 1.18. The second kappa shape index (κ2) is 9.13. The van der Waals surface area contributed by atoms with Crippen molar-refractivity contribution in [2.45, 2.75) is 31.9 Å². The first kappa shape index (κ1) is 22.3. The summed E-state index contributed by atoms with van der Waals surface area (Å²) in [5.74, 6) is 3.13. The van der Waals surface area contributed by atoms with Gasteiger partial charge in [-0.1, -0.05) is 12.6 Å². The van der Waals surface area contributed by atoms with Gasteiger partial charge in [-0.15, -0.1) is 0 Å². The van der Waals surface area contributed by atoms with Crippen LogP contribution in [0.5, 0.6) is 5.75 Å². The first-order chi connectivity index (χ1) is 17.1. The monoisotopic (exact) mass is 476 g/mol. The minimum atomic E-state index is 0.0397. The number of hydrogen-bond donors (Lipinski definition) is 1. The third kappa shape index (κ3) is 4.12. The largest absolute Gasteiger partial charge is 0.486 e. The van der Waals surface area contributed by atoms with Crippen molar-refractivity contribution in [3.8, 4) is 5.75 Å². The van der Waals surface area contributed by atoms with Crippen LogP contribution in [0.3, 0.4) is 0 Å². The normalized spacial score (nSPS) is 22.4. The molecule has 0 saturated carbocycles. The summed E-state index contributed by atoms with van der Waals surface area (Å²) >= 11 is 0. The summed E-state index contributed by atoms with van der Waals surface area (Å²) in [5.41, 5.74) is 4.39. The minimum absolute atomic E-state index is 0.0397. The maximum Gasteiger partial charge on any atom is 0.246 e. The molecule has 0 aliphatic carbocycles. The van der Waals surface area contributed by atoms with Crippen LogP contribution in [-0.4, -0.2) is 84.2 Å². The predicted octanol–water partition coefficient (Wildman–Crippen LogP) is 2.44. The number of benzene rings is 1. The lowest BCUT2D eigenvalue weighted by atomic mass is 9.88. The van der Waals surface area contributed by atoms with E-state index < -0.39 is 0 Å². The summed E-state index contributed by atoms with van der Waals surface area (Å²) in [6.07, 6.45) is 4.08. The van der Waals surface area contributed by atoms with Gasteiger partial charge in [0, 0.05) is 51.2 Å². The van der Waals surface area contributed by atoms with E-state index >= 15 is 0 Å². The molecule has 4 aliphatic rings. The van der Waals surface area contributed by atoms with E-state index in [4.69, 9.17) is 9.47 Å². The number of hydrogen-bond acceptors (Lipinski definition) is 8. The molecule has 9 nitrogen and oxygen atoms in total. The zero-order chi connectivity index (χ0) is 23.9.